The van der Waals surface area contributed by atoms with E-state index in [-0.39, 0.29) is 24.7 Å². The first-order valence-corrected chi connectivity index (χ1v) is 12.2. The predicted octanol–water partition coefficient (Wildman–Crippen LogP) is 4.58. The van der Waals surface area contributed by atoms with Gasteiger partial charge in [0.2, 0.25) is 0 Å². The van der Waals surface area contributed by atoms with Crippen LogP contribution in [-0.2, 0) is 4.74 Å². The van der Waals surface area contributed by atoms with Crippen LogP contribution in [0.1, 0.15) is 16.8 Å². The van der Waals surface area contributed by atoms with Gasteiger partial charge < -0.3 is 28.8 Å². The second-order valence-corrected chi connectivity index (χ2v) is 9.18. The number of hydrogen-bond acceptors (Lipinski definition) is 8. The number of hydrogen-bond donors (Lipinski definition) is 1. The average molecular weight is 531 g/mol. The fourth-order valence-electron chi connectivity index (χ4n) is 4.14. The summed E-state index contributed by atoms with van der Waals surface area (Å²) in [5, 5.41) is 5.20. The normalized spacial score (nSPS) is 20.0. The van der Waals surface area contributed by atoms with Crippen molar-refractivity contribution in [1.82, 2.24) is 14.9 Å². The summed E-state index contributed by atoms with van der Waals surface area (Å²) in [4.78, 5) is 23.2. The van der Waals surface area contributed by atoms with Crippen LogP contribution in [0.15, 0.2) is 63.7 Å². The van der Waals surface area contributed by atoms with Gasteiger partial charge in [-0.25, -0.2) is 9.97 Å². The highest BCUT2D eigenvalue weighted by Crippen LogP contribution is 2.35. The summed E-state index contributed by atoms with van der Waals surface area (Å²) in [6.45, 7) is 1.59. The van der Waals surface area contributed by atoms with Crippen LogP contribution in [0.3, 0.4) is 0 Å². The Morgan fingerprint density at radius 1 is 1.25 bits per heavy atom. The third-order valence-electron chi connectivity index (χ3n) is 5.99. The van der Waals surface area contributed by atoms with E-state index in [9.17, 15) is 4.79 Å². The molecule has 0 saturated carbocycles. The maximum absolute atomic E-state index is 12.6. The van der Waals surface area contributed by atoms with Gasteiger partial charge in [0.25, 0.3) is 5.91 Å². The number of allylic oxidation sites excluding steroid dienone is 2. The minimum absolute atomic E-state index is 0.0591. The molecule has 1 saturated heterocycles. The highest BCUT2D eigenvalue weighted by molar-refractivity contribution is 6.44. The number of fused-ring (bicyclic) bond motifs is 1. The largest absolute Gasteiger partial charge is 0.493 e. The number of nitrogens with one attached hydrogen (secondary N) is 1. The number of carbonyl (C=O) groups is 1. The number of aromatic nitrogens is 2. The van der Waals surface area contributed by atoms with E-state index in [4.69, 9.17) is 41.8 Å². The Morgan fingerprint density at radius 3 is 2.92 bits per heavy atom. The Labute approximate surface area is 217 Å². The summed E-state index contributed by atoms with van der Waals surface area (Å²) >= 11 is 12.2. The first-order chi connectivity index (χ1) is 17.5. The van der Waals surface area contributed by atoms with Crippen LogP contribution in [-0.4, -0.2) is 66.3 Å². The van der Waals surface area contributed by atoms with Crippen LogP contribution < -0.4 is 14.8 Å². The molecule has 2 aliphatic rings. The average Bonchev–Trinajstić information content (AvgIpc) is 3.44. The molecular formula is C25H24Cl2N4O5. The molecule has 1 aromatic carbocycles. The smallest absolute Gasteiger partial charge is 0.257 e. The van der Waals surface area contributed by atoms with E-state index in [1.54, 1.807) is 24.1 Å². The molecule has 3 aromatic rings. The molecule has 188 valence electrons. The van der Waals surface area contributed by atoms with Gasteiger partial charge in [-0.3, -0.25) is 4.79 Å². The van der Waals surface area contributed by atoms with E-state index in [2.05, 4.69) is 15.3 Å². The first kappa shape index (κ1) is 24.4. The van der Waals surface area contributed by atoms with Gasteiger partial charge in [-0.05, 0) is 24.6 Å². The summed E-state index contributed by atoms with van der Waals surface area (Å²) in [6.07, 6.45) is 8.53. The van der Waals surface area contributed by atoms with E-state index in [0.29, 0.717) is 64.6 Å². The number of furan rings is 1. The Hall–Kier alpha value is -3.27. The molecule has 5 rings (SSSR count). The number of methoxy groups -OCH3 is 1. The SMILES string of the molecule is COc1cc2c(NC3C=C(Cl)C(Cl)=CC3)ncnc2cc1OCC1CN(C(=O)c2ccoc2)CCO1. The van der Waals surface area contributed by atoms with E-state index < -0.39 is 0 Å². The van der Waals surface area contributed by atoms with Gasteiger partial charge in [0, 0.05) is 18.0 Å². The molecule has 1 fully saturated rings. The van der Waals surface area contributed by atoms with Gasteiger partial charge >= 0.3 is 0 Å². The number of nitrogens with zero attached hydrogens (tertiary/aromatic N) is 3. The van der Waals surface area contributed by atoms with Gasteiger partial charge in [0.1, 0.15) is 31.1 Å². The summed E-state index contributed by atoms with van der Waals surface area (Å²) in [5.74, 6) is 1.60. The molecule has 1 aliphatic heterocycles. The van der Waals surface area contributed by atoms with Gasteiger partial charge in [0.05, 0.1) is 53.7 Å². The number of ether oxygens (including phenoxy) is 3. The molecule has 2 aromatic heterocycles. The Balaban J connectivity index is 1.29. The number of carbonyl (C=O) groups excluding carboxylic acids is 1. The maximum atomic E-state index is 12.6. The third-order valence-corrected chi connectivity index (χ3v) is 6.77. The maximum Gasteiger partial charge on any atom is 0.257 e. The van der Waals surface area contributed by atoms with Crippen molar-refractivity contribution in [2.75, 3.05) is 38.7 Å². The molecule has 2 atom stereocenters. The van der Waals surface area contributed by atoms with Gasteiger partial charge in [-0.1, -0.05) is 29.3 Å². The lowest BCUT2D eigenvalue weighted by Crippen LogP contribution is -2.47. The van der Waals surface area contributed by atoms with Crippen LogP contribution in [0.4, 0.5) is 5.82 Å². The molecule has 1 N–H and O–H groups in total. The fraction of sp³-hybridized carbons (Fsp3) is 0.320. The van der Waals surface area contributed by atoms with Crippen LogP contribution in [0, 0.1) is 0 Å². The monoisotopic (exact) mass is 530 g/mol. The molecule has 36 heavy (non-hydrogen) atoms. The number of anilines is 1. The van der Waals surface area contributed by atoms with Crippen molar-refractivity contribution in [3.63, 3.8) is 0 Å². The van der Waals surface area contributed by atoms with Gasteiger partial charge in [0.15, 0.2) is 11.5 Å². The summed E-state index contributed by atoms with van der Waals surface area (Å²) in [7, 11) is 1.57. The van der Waals surface area contributed by atoms with Gasteiger partial charge in [-0.15, -0.1) is 0 Å². The number of amides is 1. The van der Waals surface area contributed by atoms with Crippen LogP contribution >= 0.6 is 23.2 Å². The summed E-state index contributed by atoms with van der Waals surface area (Å²) in [5.41, 5.74) is 1.20. The Morgan fingerprint density at radius 2 is 2.14 bits per heavy atom. The van der Waals surface area contributed by atoms with Gasteiger partial charge in [-0.2, -0.15) is 0 Å². The standard InChI is InChI=1S/C25H24Cl2N4O5/c1-33-22-9-18-21(28-14-29-24(18)30-16-2-3-19(26)20(27)8-16)10-23(22)36-13-17-11-31(5-7-35-17)25(32)15-4-6-34-12-15/h3-4,6,8-10,12,14,16-17H,2,5,7,11,13H2,1H3,(H,28,29,30). The zero-order chi connectivity index (χ0) is 25.1. The molecule has 0 radical (unpaired) electrons. The zero-order valence-corrected chi connectivity index (χ0v) is 21.0. The minimum atomic E-state index is -0.291. The Kier molecular flexibility index (Phi) is 7.31. The third kappa shape index (κ3) is 5.28. The van der Waals surface area contributed by atoms with E-state index in [1.807, 2.05) is 18.2 Å². The summed E-state index contributed by atoms with van der Waals surface area (Å²) < 4.78 is 22.5. The fourth-order valence-corrected chi connectivity index (χ4v) is 4.52. The molecular weight excluding hydrogens is 507 g/mol. The molecule has 1 aliphatic carbocycles. The molecule has 1 amide bonds. The number of halogens is 2. The highest BCUT2D eigenvalue weighted by Gasteiger charge is 2.26. The quantitative estimate of drug-likeness (QED) is 0.473. The van der Waals surface area contributed by atoms with Crippen molar-refractivity contribution in [1.29, 1.82) is 0 Å². The van der Waals surface area contributed by atoms with Crippen LogP contribution in [0.2, 0.25) is 0 Å². The van der Waals surface area contributed by atoms with Crippen LogP contribution in [0.5, 0.6) is 11.5 Å². The molecule has 11 heteroatoms. The molecule has 9 nitrogen and oxygen atoms in total. The first-order valence-electron chi connectivity index (χ1n) is 11.4. The van der Waals surface area contributed by atoms with E-state index in [0.717, 1.165) is 5.39 Å². The lowest BCUT2D eigenvalue weighted by atomic mass is 10.1. The Bertz CT molecular complexity index is 1310. The van der Waals surface area contributed by atoms with Crippen molar-refractivity contribution >= 4 is 45.8 Å². The second-order valence-electron chi connectivity index (χ2n) is 8.36. The highest BCUT2D eigenvalue weighted by atomic mass is 35.5. The molecule has 0 bridgehead atoms. The van der Waals surface area contributed by atoms with Crippen LogP contribution in [0.25, 0.3) is 10.9 Å². The topological polar surface area (TPSA) is 99.0 Å². The number of rotatable bonds is 7. The second kappa shape index (κ2) is 10.8. The van der Waals surface area contributed by atoms with E-state index >= 15 is 0 Å². The van der Waals surface area contributed by atoms with Crippen molar-refractivity contribution in [3.8, 4) is 11.5 Å². The lowest BCUT2D eigenvalue weighted by molar-refractivity contribution is -0.0403. The lowest BCUT2D eigenvalue weighted by Gasteiger charge is -2.32. The predicted molar refractivity (Wildman–Crippen MR) is 136 cm³/mol. The summed E-state index contributed by atoms with van der Waals surface area (Å²) in [6, 6.07) is 5.23. The zero-order valence-electron chi connectivity index (χ0n) is 19.4. The van der Waals surface area contributed by atoms with Crippen molar-refractivity contribution in [2.24, 2.45) is 0 Å². The minimum Gasteiger partial charge on any atom is -0.493 e. The molecule has 3 heterocycles. The molecule has 0 spiro atoms. The van der Waals surface area contributed by atoms with E-state index in [1.165, 1.54) is 18.9 Å². The van der Waals surface area contributed by atoms with Crippen molar-refractivity contribution < 1.29 is 23.4 Å². The molecule has 2 unspecified atom stereocenters. The van der Waals surface area contributed by atoms with Crippen molar-refractivity contribution in [2.45, 2.75) is 18.6 Å². The number of benzene rings is 1. The van der Waals surface area contributed by atoms with Crippen molar-refractivity contribution in [3.05, 3.63) is 64.8 Å². The number of morpholine rings is 1.